The van der Waals surface area contributed by atoms with Crippen LogP contribution in [0.25, 0.3) is 0 Å². The monoisotopic (exact) mass is 357 g/mol. The molecule has 0 radical (unpaired) electrons. The minimum absolute atomic E-state index is 0.289. The van der Waals surface area contributed by atoms with Gasteiger partial charge in [-0.2, -0.15) is 0 Å². The lowest BCUT2D eigenvalue weighted by molar-refractivity contribution is -0.129. The number of hydrogen-bond acceptors (Lipinski definition) is 4. The topological polar surface area (TPSA) is 74.0 Å². The van der Waals surface area contributed by atoms with E-state index in [1.807, 2.05) is 26.0 Å². The second-order valence-corrected chi connectivity index (χ2v) is 7.80. The fourth-order valence-electron chi connectivity index (χ4n) is 2.58. The van der Waals surface area contributed by atoms with Crippen molar-refractivity contribution in [2.24, 2.45) is 10.7 Å². The van der Waals surface area contributed by atoms with Crippen molar-refractivity contribution in [2.45, 2.75) is 25.9 Å². The van der Waals surface area contributed by atoms with Crippen LogP contribution < -0.4 is 11.1 Å². The summed E-state index contributed by atoms with van der Waals surface area (Å²) in [5.74, 6) is 0.578. The van der Waals surface area contributed by atoms with Gasteiger partial charge in [-0.25, -0.2) is 0 Å². The van der Waals surface area contributed by atoms with Crippen LogP contribution in [0.4, 0.5) is 0 Å². The Morgan fingerprint density at radius 2 is 2.04 bits per heavy atom. The summed E-state index contributed by atoms with van der Waals surface area (Å²) in [7, 11) is 1.78. The Kier molecular flexibility index (Phi) is 5.89. The molecular weight excluding hydrogens is 334 g/mol. The number of carbonyl (C=O) groups is 1. The first-order chi connectivity index (χ1) is 10.8. The molecule has 1 amide bonds. The Bertz CT molecular complexity index is 578. The van der Waals surface area contributed by atoms with Crippen LogP contribution in [0.5, 0.6) is 0 Å². The first-order valence-electron chi connectivity index (χ1n) is 7.59. The fourth-order valence-corrected chi connectivity index (χ4v) is 3.61. The molecule has 8 heteroatoms. The maximum atomic E-state index is 11.6. The van der Waals surface area contributed by atoms with Crippen molar-refractivity contribution in [2.75, 3.05) is 33.2 Å². The number of hydrogen-bond donors (Lipinski definition) is 2. The van der Waals surface area contributed by atoms with E-state index in [-0.39, 0.29) is 5.91 Å². The molecule has 1 fully saturated rings. The highest BCUT2D eigenvalue weighted by Gasteiger charge is 2.35. The summed E-state index contributed by atoms with van der Waals surface area (Å²) in [6, 6.07) is 3.91. The SMILES string of the molecule is CN=C(NCc1ccc(Cl)s1)N1CCN(C(C)(C)C(N)=O)CC1. The number of thiophene rings is 1. The molecule has 0 spiro atoms. The molecule has 6 nitrogen and oxygen atoms in total. The van der Waals surface area contributed by atoms with Gasteiger partial charge in [-0.15, -0.1) is 11.3 Å². The van der Waals surface area contributed by atoms with E-state index in [1.54, 1.807) is 18.4 Å². The predicted octanol–water partition coefficient (Wildman–Crippen LogP) is 1.36. The van der Waals surface area contributed by atoms with Gasteiger partial charge in [0.2, 0.25) is 5.91 Å². The Balaban J connectivity index is 1.88. The molecule has 0 unspecified atom stereocenters. The van der Waals surface area contributed by atoms with Crippen molar-refractivity contribution in [3.63, 3.8) is 0 Å². The van der Waals surface area contributed by atoms with E-state index in [2.05, 4.69) is 20.1 Å². The van der Waals surface area contributed by atoms with Crippen molar-refractivity contribution >= 4 is 34.8 Å². The van der Waals surface area contributed by atoms with Crippen LogP contribution >= 0.6 is 22.9 Å². The average Bonchev–Trinajstić information content (AvgIpc) is 2.94. The zero-order valence-electron chi connectivity index (χ0n) is 13.8. The van der Waals surface area contributed by atoms with E-state index >= 15 is 0 Å². The first-order valence-corrected chi connectivity index (χ1v) is 8.79. The third-order valence-corrected chi connectivity index (χ3v) is 5.47. The number of primary amides is 1. The number of halogens is 1. The third kappa shape index (κ3) is 4.37. The van der Waals surface area contributed by atoms with Gasteiger partial charge < -0.3 is 16.0 Å². The summed E-state index contributed by atoms with van der Waals surface area (Å²) in [6.07, 6.45) is 0. The molecule has 128 valence electrons. The number of nitrogens with zero attached hydrogens (tertiary/aromatic N) is 3. The smallest absolute Gasteiger partial charge is 0.237 e. The molecule has 23 heavy (non-hydrogen) atoms. The van der Waals surface area contributed by atoms with Gasteiger partial charge in [0.15, 0.2) is 5.96 Å². The van der Waals surface area contributed by atoms with Crippen molar-refractivity contribution in [3.8, 4) is 0 Å². The lowest BCUT2D eigenvalue weighted by Gasteiger charge is -2.43. The van der Waals surface area contributed by atoms with Gasteiger partial charge in [0.05, 0.1) is 16.4 Å². The van der Waals surface area contributed by atoms with Crippen LogP contribution in [0.3, 0.4) is 0 Å². The fraction of sp³-hybridized carbons (Fsp3) is 0.600. The summed E-state index contributed by atoms with van der Waals surface area (Å²) >= 11 is 7.51. The van der Waals surface area contributed by atoms with E-state index in [0.717, 1.165) is 36.5 Å². The van der Waals surface area contributed by atoms with Crippen LogP contribution in [-0.4, -0.2) is 60.4 Å². The number of nitrogens with one attached hydrogen (secondary N) is 1. The normalized spacial score (nSPS) is 17.4. The van der Waals surface area contributed by atoms with Crippen LogP contribution in [0, 0.1) is 0 Å². The molecule has 1 aromatic rings. The minimum Gasteiger partial charge on any atom is -0.368 e. The summed E-state index contributed by atoms with van der Waals surface area (Å²) < 4.78 is 0.791. The summed E-state index contributed by atoms with van der Waals surface area (Å²) in [4.78, 5) is 21.4. The van der Waals surface area contributed by atoms with Crippen molar-refractivity contribution < 1.29 is 4.79 Å². The molecule has 0 atom stereocenters. The van der Waals surface area contributed by atoms with Crippen molar-refractivity contribution in [1.82, 2.24) is 15.1 Å². The lowest BCUT2D eigenvalue weighted by atomic mass is 10.0. The van der Waals surface area contributed by atoms with E-state index in [0.29, 0.717) is 6.54 Å². The summed E-state index contributed by atoms with van der Waals surface area (Å²) in [6.45, 7) is 7.63. The first kappa shape index (κ1) is 18.0. The Morgan fingerprint density at radius 1 is 1.39 bits per heavy atom. The van der Waals surface area contributed by atoms with Crippen molar-refractivity contribution in [1.29, 1.82) is 0 Å². The van der Waals surface area contributed by atoms with E-state index in [4.69, 9.17) is 17.3 Å². The van der Waals surface area contributed by atoms with Crippen LogP contribution in [0.1, 0.15) is 18.7 Å². The molecular formula is C15H24ClN5OS. The molecule has 1 aromatic heterocycles. The lowest BCUT2D eigenvalue weighted by Crippen LogP contribution is -2.61. The number of rotatable bonds is 4. The molecule has 2 rings (SSSR count). The Morgan fingerprint density at radius 3 is 2.52 bits per heavy atom. The van der Waals surface area contributed by atoms with Gasteiger partial charge in [-0.3, -0.25) is 14.7 Å². The predicted molar refractivity (Wildman–Crippen MR) is 95.9 cm³/mol. The molecule has 0 aliphatic carbocycles. The molecule has 3 N–H and O–H groups in total. The van der Waals surface area contributed by atoms with E-state index < -0.39 is 5.54 Å². The maximum absolute atomic E-state index is 11.6. The van der Waals surface area contributed by atoms with Crippen LogP contribution in [0.15, 0.2) is 17.1 Å². The second kappa shape index (κ2) is 7.51. The largest absolute Gasteiger partial charge is 0.368 e. The maximum Gasteiger partial charge on any atom is 0.237 e. The number of carbonyl (C=O) groups excluding carboxylic acids is 1. The third-order valence-electron chi connectivity index (χ3n) is 4.23. The number of amides is 1. The number of piperazine rings is 1. The summed E-state index contributed by atoms with van der Waals surface area (Å²) in [5, 5.41) is 3.36. The zero-order chi connectivity index (χ0) is 17.0. The van der Waals surface area contributed by atoms with Gasteiger partial charge in [0.25, 0.3) is 0 Å². The Hall–Kier alpha value is -1.31. The number of guanidine groups is 1. The number of nitrogens with two attached hydrogens (primary N) is 1. The minimum atomic E-state index is -0.614. The average molecular weight is 358 g/mol. The molecule has 0 bridgehead atoms. The van der Waals surface area contributed by atoms with E-state index in [9.17, 15) is 4.79 Å². The summed E-state index contributed by atoms with van der Waals surface area (Å²) in [5.41, 5.74) is 4.88. The highest BCUT2D eigenvalue weighted by molar-refractivity contribution is 7.16. The van der Waals surface area contributed by atoms with Gasteiger partial charge >= 0.3 is 0 Å². The van der Waals surface area contributed by atoms with Crippen molar-refractivity contribution in [3.05, 3.63) is 21.3 Å². The molecule has 2 heterocycles. The molecule has 1 aliphatic rings. The van der Waals surface area contributed by atoms with Gasteiger partial charge in [0, 0.05) is 38.1 Å². The van der Waals surface area contributed by atoms with Gasteiger partial charge in [0.1, 0.15) is 0 Å². The van der Waals surface area contributed by atoms with Crippen LogP contribution in [0.2, 0.25) is 4.34 Å². The molecule has 0 saturated carbocycles. The highest BCUT2D eigenvalue weighted by Crippen LogP contribution is 2.21. The van der Waals surface area contributed by atoms with Gasteiger partial charge in [-0.05, 0) is 26.0 Å². The quantitative estimate of drug-likeness (QED) is 0.630. The van der Waals surface area contributed by atoms with E-state index in [1.165, 1.54) is 4.88 Å². The number of aliphatic imine (C=N–C) groups is 1. The second-order valence-electron chi connectivity index (χ2n) is 6.00. The zero-order valence-corrected chi connectivity index (χ0v) is 15.4. The molecule has 1 aliphatic heterocycles. The standard InChI is InChI=1S/C15H24ClN5OS/c1-15(2,13(17)22)21-8-6-20(7-9-21)14(18-3)19-10-11-4-5-12(16)23-11/h4-5H,6-10H2,1-3H3,(H2,17,22)(H,18,19). The Labute approximate surface area is 146 Å². The van der Waals surface area contributed by atoms with Gasteiger partial charge in [-0.1, -0.05) is 11.6 Å². The molecule has 0 aromatic carbocycles. The molecule has 1 saturated heterocycles. The van der Waals surface area contributed by atoms with Crippen LogP contribution in [-0.2, 0) is 11.3 Å². The highest BCUT2D eigenvalue weighted by atomic mass is 35.5.